The molecule has 0 saturated carbocycles. The van der Waals surface area contributed by atoms with Gasteiger partial charge in [-0.25, -0.2) is 0 Å². The molecule has 0 spiro atoms. The maximum Gasteiger partial charge on any atom is 0.0767 e. The van der Waals surface area contributed by atoms with Gasteiger partial charge in [-0.2, -0.15) is 16.9 Å². The number of hydrogen-bond acceptors (Lipinski definition) is 3. The highest BCUT2D eigenvalue weighted by Gasteiger charge is 2.17. The molecule has 1 atom stereocenters. The molecule has 0 aliphatic carbocycles. The van der Waals surface area contributed by atoms with Crippen molar-refractivity contribution in [2.45, 2.75) is 51.4 Å². The lowest BCUT2D eigenvalue weighted by Gasteiger charge is -2.11. The topological polar surface area (TPSA) is 29.9 Å². The first-order chi connectivity index (χ1) is 8.76. The van der Waals surface area contributed by atoms with Gasteiger partial charge in [-0.15, -0.1) is 0 Å². The van der Waals surface area contributed by atoms with E-state index in [1.54, 1.807) is 0 Å². The highest BCUT2D eigenvalue weighted by Crippen LogP contribution is 2.26. The van der Waals surface area contributed by atoms with Crippen molar-refractivity contribution >= 4 is 27.7 Å². The predicted octanol–water partition coefficient (Wildman–Crippen LogP) is 3.21. The quantitative estimate of drug-likeness (QED) is 0.867. The van der Waals surface area contributed by atoms with Gasteiger partial charge in [0.2, 0.25) is 0 Å². The molecule has 2 rings (SSSR count). The molecule has 1 aromatic heterocycles. The summed E-state index contributed by atoms with van der Waals surface area (Å²) in [6, 6.07) is 0. The Labute approximate surface area is 122 Å². The molecule has 2 heterocycles. The van der Waals surface area contributed by atoms with Crippen LogP contribution in [-0.4, -0.2) is 27.3 Å². The number of nitrogens with zero attached hydrogens (tertiary/aromatic N) is 2. The lowest BCUT2D eigenvalue weighted by molar-refractivity contribution is 0.569. The number of aromatic nitrogens is 2. The zero-order valence-electron chi connectivity index (χ0n) is 11.2. The van der Waals surface area contributed by atoms with E-state index in [9.17, 15) is 0 Å². The first-order valence-corrected chi connectivity index (χ1v) is 8.66. The number of halogens is 1. The summed E-state index contributed by atoms with van der Waals surface area (Å²) in [6.07, 6.45) is 3.73. The summed E-state index contributed by atoms with van der Waals surface area (Å²) >= 11 is 5.79. The van der Waals surface area contributed by atoms with Crippen molar-refractivity contribution in [1.82, 2.24) is 15.1 Å². The van der Waals surface area contributed by atoms with Crippen LogP contribution in [-0.2, 0) is 19.5 Å². The molecule has 102 valence electrons. The summed E-state index contributed by atoms with van der Waals surface area (Å²) in [5.41, 5.74) is 2.46. The van der Waals surface area contributed by atoms with Crippen molar-refractivity contribution in [3.63, 3.8) is 0 Å². The molecule has 0 radical (unpaired) electrons. The Hall–Kier alpha value is -0.000000000000000111. The molecule has 1 aliphatic rings. The van der Waals surface area contributed by atoms with Crippen LogP contribution in [0.3, 0.4) is 0 Å². The first-order valence-electron chi connectivity index (χ1n) is 6.82. The number of thioether (sulfide) groups is 1. The van der Waals surface area contributed by atoms with Gasteiger partial charge in [0.1, 0.15) is 0 Å². The smallest absolute Gasteiger partial charge is 0.0767 e. The normalized spacial score (nSPS) is 19.6. The van der Waals surface area contributed by atoms with Crippen molar-refractivity contribution < 1.29 is 0 Å². The highest BCUT2D eigenvalue weighted by molar-refractivity contribution is 9.10. The number of hydrogen-bond donors (Lipinski definition) is 1. The number of aryl methyl sites for hydroxylation is 2. The maximum absolute atomic E-state index is 4.62. The van der Waals surface area contributed by atoms with Crippen molar-refractivity contribution in [2.24, 2.45) is 0 Å². The van der Waals surface area contributed by atoms with E-state index in [2.05, 4.69) is 56.6 Å². The van der Waals surface area contributed by atoms with Crippen molar-refractivity contribution in [2.75, 3.05) is 12.3 Å². The molecule has 18 heavy (non-hydrogen) atoms. The van der Waals surface area contributed by atoms with Gasteiger partial charge in [-0.3, -0.25) is 4.68 Å². The lowest BCUT2D eigenvalue weighted by Crippen LogP contribution is -2.24. The van der Waals surface area contributed by atoms with Gasteiger partial charge in [0.15, 0.2) is 0 Å². The third-order valence-corrected chi connectivity index (χ3v) is 5.70. The van der Waals surface area contributed by atoms with Crippen molar-refractivity contribution in [3.8, 4) is 0 Å². The molecule has 3 nitrogen and oxygen atoms in total. The minimum Gasteiger partial charge on any atom is -0.310 e. The largest absolute Gasteiger partial charge is 0.310 e. The molecule has 1 fully saturated rings. The van der Waals surface area contributed by atoms with Gasteiger partial charge in [0.05, 0.1) is 15.9 Å². The first kappa shape index (κ1) is 14.4. The Morgan fingerprint density at radius 2 is 2.33 bits per heavy atom. The Bertz CT molecular complexity index is 386. The maximum atomic E-state index is 4.62. The van der Waals surface area contributed by atoms with E-state index in [0.717, 1.165) is 31.3 Å². The van der Waals surface area contributed by atoms with Crippen LogP contribution in [0.2, 0.25) is 0 Å². The second kappa shape index (κ2) is 6.96. The molecule has 1 unspecified atom stereocenters. The fourth-order valence-corrected chi connectivity index (χ4v) is 4.28. The van der Waals surface area contributed by atoms with Gasteiger partial charge >= 0.3 is 0 Å². The van der Waals surface area contributed by atoms with Gasteiger partial charge in [-0.1, -0.05) is 6.92 Å². The van der Waals surface area contributed by atoms with Crippen LogP contribution in [0.15, 0.2) is 4.47 Å². The molecule has 1 saturated heterocycles. The summed E-state index contributed by atoms with van der Waals surface area (Å²) < 4.78 is 3.30. The third kappa shape index (κ3) is 3.31. The minimum atomic E-state index is 0.812. The molecule has 1 aliphatic heterocycles. The van der Waals surface area contributed by atoms with Gasteiger partial charge < -0.3 is 5.32 Å². The molecule has 0 bridgehead atoms. The fraction of sp³-hybridized carbons (Fsp3) is 0.769. The average molecular weight is 332 g/mol. The van der Waals surface area contributed by atoms with Gasteiger partial charge in [-0.05, 0) is 47.9 Å². The van der Waals surface area contributed by atoms with Crippen LogP contribution in [0.1, 0.15) is 38.1 Å². The molecule has 1 N–H and O–H groups in total. The fourth-order valence-electron chi connectivity index (χ4n) is 2.34. The van der Waals surface area contributed by atoms with Crippen LogP contribution in [0, 0.1) is 0 Å². The second-order valence-electron chi connectivity index (χ2n) is 4.64. The third-order valence-electron chi connectivity index (χ3n) is 3.38. The van der Waals surface area contributed by atoms with E-state index in [1.807, 2.05) is 0 Å². The molecule has 0 amide bonds. The summed E-state index contributed by atoms with van der Waals surface area (Å²) in [6.45, 7) is 7.27. The Morgan fingerprint density at radius 1 is 1.50 bits per heavy atom. The van der Waals surface area contributed by atoms with E-state index < -0.39 is 0 Å². The zero-order valence-corrected chi connectivity index (χ0v) is 13.6. The standard InChI is InChI=1S/C13H22BrN3S/c1-3-11-13(14)12(17(4-2)16-11)9-15-8-10-6-5-7-18-10/h10,15H,3-9H2,1-2H3. The van der Waals surface area contributed by atoms with E-state index >= 15 is 0 Å². The lowest BCUT2D eigenvalue weighted by atomic mass is 10.2. The number of rotatable bonds is 6. The number of nitrogens with one attached hydrogen (secondary N) is 1. The van der Waals surface area contributed by atoms with Gasteiger partial charge in [0, 0.05) is 24.9 Å². The van der Waals surface area contributed by atoms with Gasteiger partial charge in [0.25, 0.3) is 0 Å². The summed E-state index contributed by atoms with van der Waals surface area (Å²) in [5, 5.41) is 9.02. The predicted molar refractivity (Wildman–Crippen MR) is 82.2 cm³/mol. The van der Waals surface area contributed by atoms with E-state index in [0.29, 0.717) is 0 Å². The van der Waals surface area contributed by atoms with Crippen LogP contribution in [0.25, 0.3) is 0 Å². The monoisotopic (exact) mass is 331 g/mol. The Kier molecular flexibility index (Phi) is 5.57. The second-order valence-corrected chi connectivity index (χ2v) is 6.84. The van der Waals surface area contributed by atoms with Crippen LogP contribution in [0.4, 0.5) is 0 Å². The average Bonchev–Trinajstić information content (AvgIpc) is 2.99. The van der Waals surface area contributed by atoms with Crippen molar-refractivity contribution in [1.29, 1.82) is 0 Å². The highest BCUT2D eigenvalue weighted by atomic mass is 79.9. The Balaban J connectivity index is 1.92. The Morgan fingerprint density at radius 3 is 2.94 bits per heavy atom. The van der Waals surface area contributed by atoms with E-state index in [4.69, 9.17) is 0 Å². The van der Waals surface area contributed by atoms with Crippen molar-refractivity contribution in [3.05, 3.63) is 15.9 Å². The van der Waals surface area contributed by atoms with E-state index in [-0.39, 0.29) is 0 Å². The van der Waals surface area contributed by atoms with Crippen LogP contribution in [0.5, 0.6) is 0 Å². The SMILES string of the molecule is CCc1nn(CC)c(CNCC2CCCS2)c1Br. The molecule has 0 aromatic carbocycles. The van der Waals surface area contributed by atoms with Crippen LogP contribution >= 0.6 is 27.7 Å². The minimum absolute atomic E-state index is 0.812. The summed E-state index contributed by atoms with van der Waals surface area (Å²) in [4.78, 5) is 0. The molecule has 1 aromatic rings. The molecular formula is C13H22BrN3S. The molecule has 5 heteroatoms. The van der Waals surface area contributed by atoms with E-state index in [1.165, 1.54) is 34.5 Å². The zero-order chi connectivity index (χ0) is 13.0. The summed E-state index contributed by atoms with van der Waals surface area (Å²) in [5.74, 6) is 1.34. The van der Waals surface area contributed by atoms with Crippen LogP contribution < -0.4 is 5.32 Å². The molecular weight excluding hydrogens is 310 g/mol. The summed E-state index contributed by atoms with van der Waals surface area (Å²) in [7, 11) is 0.